The van der Waals surface area contributed by atoms with Crippen LogP contribution in [0.25, 0.3) is 10.8 Å². The van der Waals surface area contributed by atoms with E-state index in [0.717, 1.165) is 72.0 Å². The van der Waals surface area contributed by atoms with E-state index < -0.39 is 0 Å². The zero-order valence-electron chi connectivity index (χ0n) is 23.9. The van der Waals surface area contributed by atoms with E-state index in [4.69, 9.17) is 31.6 Å². The number of aromatic nitrogens is 2. The van der Waals surface area contributed by atoms with E-state index in [9.17, 15) is 0 Å². The van der Waals surface area contributed by atoms with Crippen molar-refractivity contribution in [1.82, 2.24) is 19.8 Å². The summed E-state index contributed by atoms with van der Waals surface area (Å²) in [5.74, 6) is 1.55. The lowest BCUT2D eigenvalue weighted by Gasteiger charge is -2.37. The monoisotopic (exact) mass is 571 g/mol. The molecule has 8 nitrogen and oxygen atoms in total. The van der Waals surface area contributed by atoms with Crippen LogP contribution in [0, 0.1) is 17.4 Å². The van der Waals surface area contributed by atoms with Gasteiger partial charge in [0.15, 0.2) is 6.19 Å². The van der Waals surface area contributed by atoms with Crippen molar-refractivity contribution < 1.29 is 4.74 Å². The van der Waals surface area contributed by atoms with Crippen molar-refractivity contribution in [1.29, 1.82) is 5.26 Å². The Hall–Kier alpha value is -3.28. The average molecular weight is 572 g/mol. The van der Waals surface area contributed by atoms with Gasteiger partial charge in [-0.05, 0) is 75.1 Å². The van der Waals surface area contributed by atoms with Gasteiger partial charge in [-0.25, -0.2) is 0 Å². The summed E-state index contributed by atoms with van der Waals surface area (Å²) in [5.41, 5.74) is 3.55. The van der Waals surface area contributed by atoms with Gasteiger partial charge in [-0.2, -0.15) is 15.2 Å². The molecule has 0 atom stereocenters. The van der Waals surface area contributed by atoms with Crippen LogP contribution in [0.2, 0.25) is 5.02 Å². The van der Waals surface area contributed by atoms with E-state index in [-0.39, 0.29) is 5.54 Å². The number of likely N-dealkylation sites (tertiary alicyclic amines) is 1. The number of hydrogen-bond donors (Lipinski definition) is 0. The molecule has 1 aromatic heterocycles. The van der Waals surface area contributed by atoms with Crippen molar-refractivity contribution in [3.05, 3.63) is 52.7 Å². The van der Waals surface area contributed by atoms with Crippen molar-refractivity contribution in [2.45, 2.75) is 50.6 Å². The molecular formula is C32H38ClN7O. The van der Waals surface area contributed by atoms with Crippen LogP contribution in [-0.4, -0.2) is 78.2 Å². The summed E-state index contributed by atoms with van der Waals surface area (Å²) in [4.78, 5) is 19.2. The van der Waals surface area contributed by atoms with Crippen LogP contribution >= 0.6 is 11.6 Å². The maximum Gasteiger partial charge on any atom is 0.318 e. The van der Waals surface area contributed by atoms with E-state index in [1.165, 1.54) is 44.3 Å². The standard InChI is InChI=1S/C32H38ClN7O/c1-37(16-10-23-18-38(19-23)22-34)30-25-11-17-39(28-9-3-7-24-6-2-8-26(33)29(24)28)20-27(25)35-31(36-30)41-21-32-12-4-14-40(32)15-5-13-32/h2-3,6-9,23H,4-5,10-21H2,1H3. The highest BCUT2D eigenvalue weighted by atomic mass is 35.5. The first-order valence-corrected chi connectivity index (χ1v) is 15.5. The van der Waals surface area contributed by atoms with Crippen LogP contribution in [0.1, 0.15) is 43.4 Å². The van der Waals surface area contributed by atoms with Gasteiger partial charge in [0, 0.05) is 49.9 Å². The molecule has 4 aliphatic rings. The molecule has 9 heteroatoms. The number of fused-ring (bicyclic) bond motifs is 3. The van der Waals surface area contributed by atoms with Crippen molar-refractivity contribution in [2.75, 3.05) is 62.7 Å². The summed E-state index contributed by atoms with van der Waals surface area (Å²) in [7, 11) is 2.14. The fraction of sp³-hybridized carbons (Fsp3) is 0.531. The lowest BCUT2D eigenvalue weighted by molar-refractivity contribution is 0.107. The van der Waals surface area contributed by atoms with Crippen molar-refractivity contribution in [3.63, 3.8) is 0 Å². The number of ether oxygens (including phenoxy) is 1. The second-order valence-electron chi connectivity index (χ2n) is 12.3. The number of benzene rings is 2. The van der Waals surface area contributed by atoms with Crippen molar-refractivity contribution in [3.8, 4) is 12.2 Å². The largest absolute Gasteiger partial charge is 0.461 e. The van der Waals surface area contributed by atoms with Gasteiger partial charge in [-0.15, -0.1) is 0 Å². The maximum atomic E-state index is 9.11. The highest BCUT2D eigenvalue weighted by molar-refractivity contribution is 6.36. The third-order valence-electron chi connectivity index (χ3n) is 9.81. The predicted octanol–water partition coefficient (Wildman–Crippen LogP) is 5.09. The molecule has 214 valence electrons. The van der Waals surface area contributed by atoms with Crippen LogP contribution in [0.15, 0.2) is 36.4 Å². The maximum absolute atomic E-state index is 9.11. The van der Waals surface area contributed by atoms with Gasteiger partial charge in [0.1, 0.15) is 12.4 Å². The Kier molecular flexibility index (Phi) is 7.04. The molecule has 7 rings (SSSR count). The molecule has 0 aliphatic carbocycles. The Bertz CT molecular complexity index is 1470. The van der Waals surface area contributed by atoms with Gasteiger partial charge in [-0.3, -0.25) is 4.90 Å². The molecule has 41 heavy (non-hydrogen) atoms. The molecule has 0 saturated carbocycles. The summed E-state index contributed by atoms with van der Waals surface area (Å²) < 4.78 is 6.50. The van der Waals surface area contributed by atoms with E-state index in [2.05, 4.69) is 52.2 Å². The number of rotatable bonds is 8. The minimum absolute atomic E-state index is 0.147. The van der Waals surface area contributed by atoms with E-state index >= 15 is 0 Å². The van der Waals surface area contributed by atoms with E-state index in [0.29, 0.717) is 25.1 Å². The highest BCUT2D eigenvalue weighted by Crippen LogP contribution is 2.40. The van der Waals surface area contributed by atoms with E-state index in [1.54, 1.807) is 0 Å². The molecular weight excluding hydrogens is 534 g/mol. The lowest BCUT2D eigenvalue weighted by Crippen LogP contribution is -2.44. The molecule has 3 aromatic rings. The fourth-order valence-electron chi connectivity index (χ4n) is 7.49. The number of nitriles is 1. The molecule has 4 aliphatic heterocycles. The zero-order valence-corrected chi connectivity index (χ0v) is 24.6. The molecule has 3 saturated heterocycles. The molecule has 3 fully saturated rings. The zero-order chi connectivity index (χ0) is 28.0. The average Bonchev–Trinajstić information content (AvgIpc) is 3.55. The minimum atomic E-state index is 0.147. The SMILES string of the molecule is CN(CCC1CN(C#N)C1)c1nc(OCC23CCCN2CCC3)nc2c1CCN(c1cccc3cccc(Cl)c13)C2. The number of nitrogens with zero attached hydrogens (tertiary/aromatic N) is 7. The second kappa shape index (κ2) is 10.8. The molecule has 0 N–H and O–H groups in total. The Morgan fingerprint density at radius 2 is 1.88 bits per heavy atom. The molecule has 0 spiro atoms. The fourth-order valence-corrected chi connectivity index (χ4v) is 7.77. The summed E-state index contributed by atoms with van der Waals surface area (Å²) in [6.07, 6.45) is 9.04. The Balaban J connectivity index is 1.17. The topological polar surface area (TPSA) is 71.8 Å². The number of halogens is 1. The lowest BCUT2D eigenvalue weighted by atomic mass is 9.95. The summed E-state index contributed by atoms with van der Waals surface area (Å²) in [6.45, 7) is 7.20. The molecule has 0 bridgehead atoms. The van der Waals surface area contributed by atoms with Gasteiger partial charge in [0.2, 0.25) is 0 Å². The van der Waals surface area contributed by atoms with Gasteiger partial charge in [0.05, 0.1) is 22.8 Å². The summed E-state index contributed by atoms with van der Waals surface area (Å²) >= 11 is 6.71. The number of hydrogen-bond acceptors (Lipinski definition) is 8. The van der Waals surface area contributed by atoms with Crippen LogP contribution < -0.4 is 14.5 Å². The summed E-state index contributed by atoms with van der Waals surface area (Å²) in [5, 5.41) is 12.1. The normalized spacial score (nSPS) is 20.0. The molecule has 2 aromatic carbocycles. The summed E-state index contributed by atoms with van der Waals surface area (Å²) in [6, 6.07) is 13.0. The first kappa shape index (κ1) is 26.6. The number of anilines is 2. The third-order valence-corrected chi connectivity index (χ3v) is 10.1. The first-order chi connectivity index (χ1) is 20.0. The van der Waals surface area contributed by atoms with Crippen LogP contribution in [-0.2, 0) is 13.0 Å². The van der Waals surface area contributed by atoms with Crippen LogP contribution in [0.5, 0.6) is 6.01 Å². The van der Waals surface area contributed by atoms with Crippen molar-refractivity contribution >= 4 is 33.9 Å². The Labute approximate surface area is 247 Å². The van der Waals surface area contributed by atoms with Gasteiger partial charge in [-0.1, -0.05) is 35.9 Å². The second-order valence-corrected chi connectivity index (χ2v) is 12.7. The first-order valence-electron chi connectivity index (χ1n) is 15.1. The van der Waals surface area contributed by atoms with Crippen molar-refractivity contribution in [2.24, 2.45) is 5.92 Å². The van der Waals surface area contributed by atoms with Gasteiger partial charge >= 0.3 is 6.01 Å². The predicted molar refractivity (Wildman–Crippen MR) is 163 cm³/mol. The van der Waals surface area contributed by atoms with Gasteiger partial charge in [0.25, 0.3) is 0 Å². The smallest absolute Gasteiger partial charge is 0.318 e. The quantitative estimate of drug-likeness (QED) is 0.346. The third kappa shape index (κ3) is 4.93. The molecule has 0 amide bonds. The molecule has 0 radical (unpaired) electrons. The Morgan fingerprint density at radius 3 is 2.66 bits per heavy atom. The Morgan fingerprint density at radius 1 is 1.10 bits per heavy atom. The molecule has 0 unspecified atom stereocenters. The highest BCUT2D eigenvalue weighted by Gasteiger charge is 2.45. The van der Waals surface area contributed by atoms with E-state index in [1.807, 2.05) is 17.0 Å². The molecule has 5 heterocycles. The van der Waals surface area contributed by atoms with Crippen LogP contribution in [0.4, 0.5) is 11.5 Å². The van der Waals surface area contributed by atoms with Gasteiger partial charge < -0.3 is 19.4 Å². The van der Waals surface area contributed by atoms with Crippen LogP contribution in [0.3, 0.4) is 0 Å². The minimum Gasteiger partial charge on any atom is -0.461 e.